The van der Waals surface area contributed by atoms with Crippen LogP contribution >= 0.6 is 0 Å². The summed E-state index contributed by atoms with van der Waals surface area (Å²) in [5.41, 5.74) is 1.60. The Kier molecular flexibility index (Phi) is 4.57. The molecule has 4 rings (SSSR count). The van der Waals surface area contributed by atoms with Crippen LogP contribution < -0.4 is 4.31 Å². The van der Waals surface area contributed by atoms with Gasteiger partial charge in [0.25, 0.3) is 10.0 Å². The first kappa shape index (κ1) is 18.8. The number of benzene rings is 2. The number of ether oxygens (including phenoxy) is 1. The number of anilines is 1. The molecule has 1 saturated heterocycles. The number of rotatable bonds is 3. The Hall–Kier alpha value is -2.54. The second-order valence-electron chi connectivity index (χ2n) is 7.62. The topological polar surface area (TPSA) is 66.9 Å². The van der Waals surface area contributed by atoms with Gasteiger partial charge in [-0.1, -0.05) is 50.2 Å². The molecule has 0 aliphatic carbocycles. The Morgan fingerprint density at radius 1 is 1.07 bits per heavy atom. The maximum absolute atomic E-state index is 13.6. The van der Waals surface area contributed by atoms with Crippen LogP contribution in [0.3, 0.4) is 0 Å². The van der Waals surface area contributed by atoms with E-state index in [0.29, 0.717) is 12.1 Å². The van der Waals surface area contributed by atoms with Crippen molar-refractivity contribution in [2.24, 2.45) is 5.92 Å². The lowest BCUT2D eigenvalue weighted by Gasteiger charge is -2.36. The minimum atomic E-state index is -3.85. The van der Waals surface area contributed by atoms with Gasteiger partial charge >= 0.3 is 6.09 Å². The van der Waals surface area contributed by atoms with Crippen LogP contribution in [0.25, 0.3) is 0 Å². The van der Waals surface area contributed by atoms with Crippen molar-refractivity contribution in [1.82, 2.24) is 4.90 Å². The van der Waals surface area contributed by atoms with Crippen LogP contribution in [0.15, 0.2) is 59.5 Å². The number of hydrogen-bond acceptors (Lipinski definition) is 4. The summed E-state index contributed by atoms with van der Waals surface area (Å²) in [5, 5.41) is 0. The molecule has 0 saturated carbocycles. The molecule has 0 aromatic heterocycles. The van der Waals surface area contributed by atoms with Crippen molar-refractivity contribution < 1.29 is 17.9 Å². The Bertz CT molecular complexity index is 990. The Morgan fingerprint density at radius 3 is 2.36 bits per heavy atom. The van der Waals surface area contributed by atoms with Crippen molar-refractivity contribution in [2.45, 2.75) is 43.3 Å². The fraction of sp³-hybridized carbons (Fsp3) is 0.381. The number of likely N-dealkylation sites (tertiary alicyclic amines) is 1. The molecule has 0 spiro atoms. The fourth-order valence-electron chi connectivity index (χ4n) is 4.51. The number of fused-ring (bicyclic) bond motifs is 3. The molecule has 1 amide bonds. The highest BCUT2D eigenvalue weighted by Gasteiger charge is 2.56. The highest BCUT2D eigenvalue weighted by atomic mass is 32.2. The second-order valence-corrected chi connectivity index (χ2v) is 9.43. The SMILES string of the molecule is COC(=O)N1[C@H](C(C)C)C[C@@H]2c3ccccc3N(S(=O)(=O)c3ccccc3)[C@@H]21. The summed E-state index contributed by atoms with van der Waals surface area (Å²) in [6, 6.07) is 15.8. The monoisotopic (exact) mass is 400 g/mol. The molecule has 0 N–H and O–H groups in total. The zero-order chi connectivity index (χ0) is 20.1. The van der Waals surface area contributed by atoms with Gasteiger partial charge in [-0.25, -0.2) is 17.5 Å². The number of hydrogen-bond donors (Lipinski definition) is 0. The number of methoxy groups -OCH3 is 1. The van der Waals surface area contributed by atoms with Crippen LogP contribution in [-0.2, 0) is 14.8 Å². The van der Waals surface area contributed by atoms with Gasteiger partial charge < -0.3 is 4.74 Å². The highest BCUT2D eigenvalue weighted by Crippen LogP contribution is 2.52. The van der Waals surface area contributed by atoms with E-state index < -0.39 is 22.3 Å². The van der Waals surface area contributed by atoms with E-state index in [1.807, 2.05) is 38.1 Å². The summed E-state index contributed by atoms with van der Waals surface area (Å²) in [6.07, 6.45) is -0.412. The van der Waals surface area contributed by atoms with Crippen molar-refractivity contribution in [2.75, 3.05) is 11.4 Å². The van der Waals surface area contributed by atoms with Crippen LogP contribution in [0.2, 0.25) is 0 Å². The maximum atomic E-state index is 13.6. The molecule has 2 aliphatic rings. The Morgan fingerprint density at radius 2 is 1.71 bits per heavy atom. The van der Waals surface area contributed by atoms with Crippen LogP contribution in [0.1, 0.15) is 31.7 Å². The standard InChI is InChI=1S/C21H24N2O4S/c1-14(2)19-13-17-16-11-7-8-12-18(16)23(20(17)22(19)21(24)27-3)28(25,26)15-9-5-4-6-10-15/h4-12,14,17,19-20H,13H2,1-3H3/t17-,19+,20+/m1/s1. The molecule has 0 radical (unpaired) electrons. The summed E-state index contributed by atoms with van der Waals surface area (Å²) in [6.45, 7) is 4.09. The third-order valence-electron chi connectivity index (χ3n) is 5.77. The fourth-order valence-corrected chi connectivity index (χ4v) is 6.20. The van der Waals surface area contributed by atoms with Gasteiger partial charge in [0.1, 0.15) is 6.17 Å². The van der Waals surface area contributed by atoms with Crippen molar-refractivity contribution in [1.29, 1.82) is 0 Å². The van der Waals surface area contributed by atoms with Gasteiger partial charge in [0, 0.05) is 12.0 Å². The molecule has 2 aliphatic heterocycles. The van der Waals surface area contributed by atoms with Crippen LogP contribution in [0.4, 0.5) is 10.5 Å². The van der Waals surface area contributed by atoms with Gasteiger partial charge in [0.2, 0.25) is 0 Å². The minimum Gasteiger partial charge on any atom is -0.453 e. The van der Waals surface area contributed by atoms with Crippen molar-refractivity contribution in [3.63, 3.8) is 0 Å². The summed E-state index contributed by atoms with van der Waals surface area (Å²) >= 11 is 0. The largest absolute Gasteiger partial charge is 0.453 e. The molecule has 7 heteroatoms. The molecule has 28 heavy (non-hydrogen) atoms. The molecule has 2 aromatic rings. The van der Waals surface area contributed by atoms with Crippen LogP contribution in [-0.4, -0.2) is 38.7 Å². The van der Waals surface area contributed by atoms with E-state index in [1.54, 1.807) is 35.2 Å². The Labute approximate surface area is 165 Å². The van der Waals surface area contributed by atoms with Crippen molar-refractivity contribution in [3.8, 4) is 0 Å². The van der Waals surface area contributed by atoms with Crippen LogP contribution in [0.5, 0.6) is 0 Å². The van der Waals surface area contributed by atoms with E-state index in [1.165, 1.54) is 11.4 Å². The predicted octanol–water partition coefficient (Wildman–Crippen LogP) is 3.80. The smallest absolute Gasteiger partial charge is 0.411 e. The molecular weight excluding hydrogens is 376 g/mol. The van der Waals surface area contributed by atoms with Gasteiger partial charge in [-0.15, -0.1) is 0 Å². The quantitative estimate of drug-likeness (QED) is 0.786. The summed E-state index contributed by atoms with van der Waals surface area (Å²) in [4.78, 5) is 14.5. The number of sulfonamides is 1. The van der Waals surface area contributed by atoms with Gasteiger partial charge in [-0.05, 0) is 36.1 Å². The van der Waals surface area contributed by atoms with Crippen LogP contribution in [0, 0.1) is 5.92 Å². The highest BCUT2D eigenvalue weighted by molar-refractivity contribution is 7.92. The zero-order valence-electron chi connectivity index (χ0n) is 16.1. The lowest BCUT2D eigenvalue weighted by molar-refractivity contribution is 0.0942. The zero-order valence-corrected chi connectivity index (χ0v) is 17.0. The molecular formula is C21H24N2O4S. The summed E-state index contributed by atoms with van der Waals surface area (Å²) < 4.78 is 33.7. The number of carbonyl (C=O) groups excluding carboxylic acids is 1. The summed E-state index contributed by atoms with van der Waals surface area (Å²) in [5.74, 6) is 0.0966. The maximum Gasteiger partial charge on any atom is 0.411 e. The first-order valence-electron chi connectivity index (χ1n) is 9.42. The second kappa shape index (κ2) is 6.81. The minimum absolute atomic E-state index is 0.0822. The van der Waals surface area contributed by atoms with E-state index in [9.17, 15) is 13.2 Å². The lowest BCUT2D eigenvalue weighted by Crippen LogP contribution is -2.52. The van der Waals surface area contributed by atoms with Gasteiger partial charge in [0.05, 0.1) is 17.7 Å². The number of para-hydroxylation sites is 1. The van der Waals surface area contributed by atoms with E-state index in [0.717, 1.165) is 5.56 Å². The first-order chi connectivity index (χ1) is 13.4. The third kappa shape index (κ3) is 2.68. The molecule has 2 aromatic carbocycles. The van der Waals surface area contributed by atoms with Gasteiger partial charge in [-0.3, -0.25) is 4.90 Å². The van der Waals surface area contributed by atoms with Gasteiger partial charge in [-0.2, -0.15) is 0 Å². The number of nitrogens with zero attached hydrogens (tertiary/aromatic N) is 2. The summed E-state index contributed by atoms with van der Waals surface area (Å²) in [7, 11) is -2.51. The molecule has 0 unspecified atom stereocenters. The average Bonchev–Trinajstić information content (AvgIpc) is 3.23. The van der Waals surface area contributed by atoms with Crippen molar-refractivity contribution >= 4 is 21.8 Å². The van der Waals surface area contributed by atoms with E-state index in [-0.39, 0.29) is 22.8 Å². The molecule has 148 valence electrons. The lowest BCUT2D eigenvalue weighted by atomic mass is 9.93. The van der Waals surface area contributed by atoms with Crippen molar-refractivity contribution in [3.05, 3.63) is 60.2 Å². The molecule has 2 heterocycles. The molecule has 1 fully saturated rings. The van der Waals surface area contributed by atoms with E-state index in [2.05, 4.69) is 0 Å². The van der Waals surface area contributed by atoms with Gasteiger partial charge in [0.15, 0.2) is 0 Å². The molecule has 3 atom stereocenters. The predicted molar refractivity (Wildman–Crippen MR) is 107 cm³/mol. The Balaban J connectivity index is 1.90. The molecule has 6 nitrogen and oxygen atoms in total. The number of carbonyl (C=O) groups is 1. The van der Waals surface area contributed by atoms with E-state index in [4.69, 9.17) is 4.74 Å². The molecule has 0 bridgehead atoms. The normalized spacial score (nSPS) is 23.6. The van der Waals surface area contributed by atoms with E-state index >= 15 is 0 Å². The first-order valence-corrected chi connectivity index (χ1v) is 10.9. The third-order valence-corrected chi connectivity index (χ3v) is 7.57. The average molecular weight is 401 g/mol. The number of amides is 1.